The van der Waals surface area contributed by atoms with E-state index in [1.54, 1.807) is 30.3 Å². The Labute approximate surface area is 192 Å². The van der Waals surface area contributed by atoms with Crippen molar-refractivity contribution in [2.45, 2.75) is 38.7 Å². The first-order valence-corrected chi connectivity index (χ1v) is 10.6. The van der Waals surface area contributed by atoms with Gasteiger partial charge in [0.1, 0.15) is 11.9 Å². The van der Waals surface area contributed by atoms with Gasteiger partial charge >= 0.3 is 6.30 Å². The van der Waals surface area contributed by atoms with E-state index in [2.05, 4.69) is 10.3 Å². The normalized spacial score (nSPS) is 18.3. The molecule has 0 saturated carbocycles. The van der Waals surface area contributed by atoms with Crippen LogP contribution < -0.4 is 5.32 Å². The first-order valence-electron chi connectivity index (χ1n) is 10.6. The number of nitrogens with one attached hydrogen (secondary N) is 1. The molecule has 2 aromatic carbocycles. The van der Waals surface area contributed by atoms with Crippen LogP contribution in [0.3, 0.4) is 0 Å². The Balaban J connectivity index is 1.55. The Bertz CT molecular complexity index is 1330. The third-order valence-corrected chi connectivity index (χ3v) is 6.13. The van der Waals surface area contributed by atoms with Crippen molar-refractivity contribution in [1.82, 2.24) is 19.8 Å². The minimum Gasteiger partial charge on any atom is -0.322 e. The average molecular weight is 468 g/mol. The molecule has 3 amide bonds. The molecule has 10 heteroatoms. The van der Waals surface area contributed by atoms with Gasteiger partial charge in [0.05, 0.1) is 11.4 Å². The van der Waals surface area contributed by atoms with E-state index in [9.17, 15) is 27.6 Å². The third-order valence-electron chi connectivity index (χ3n) is 6.13. The van der Waals surface area contributed by atoms with Crippen molar-refractivity contribution >= 4 is 17.7 Å². The third kappa shape index (κ3) is 3.55. The van der Waals surface area contributed by atoms with Gasteiger partial charge in [-0.1, -0.05) is 36.4 Å². The Morgan fingerprint density at radius 1 is 1.03 bits per heavy atom. The fraction of sp³-hybridized carbons (Fsp3) is 0.250. The molecule has 1 N–H and O–H groups in total. The molecule has 0 spiro atoms. The number of amides is 3. The molecule has 1 unspecified atom stereocenters. The SMILES string of the molecule is Cc1nc(-c2ccc3c(c2)CN(C2CCC(=O)NC2=O)C3=O)n(C(F)(F)F)c1-c1ccccc1. The maximum atomic E-state index is 14.2. The van der Waals surface area contributed by atoms with Gasteiger partial charge in [-0.2, -0.15) is 0 Å². The van der Waals surface area contributed by atoms with Gasteiger partial charge in [-0.25, -0.2) is 9.55 Å². The van der Waals surface area contributed by atoms with Crippen molar-refractivity contribution < 1.29 is 27.6 Å². The number of aryl methyl sites for hydroxylation is 1. The van der Waals surface area contributed by atoms with Crippen LogP contribution in [0.4, 0.5) is 13.2 Å². The van der Waals surface area contributed by atoms with Crippen LogP contribution in [-0.2, 0) is 22.4 Å². The van der Waals surface area contributed by atoms with Crippen LogP contribution in [0.5, 0.6) is 0 Å². The first-order chi connectivity index (χ1) is 16.1. The van der Waals surface area contributed by atoms with Gasteiger partial charge in [-0.05, 0) is 31.0 Å². The molecule has 2 aliphatic heterocycles. The van der Waals surface area contributed by atoms with Crippen LogP contribution >= 0.6 is 0 Å². The molecule has 3 heterocycles. The van der Waals surface area contributed by atoms with Crippen LogP contribution in [0.2, 0.25) is 0 Å². The minimum absolute atomic E-state index is 0.0511. The number of imidazole rings is 1. The summed E-state index contributed by atoms with van der Waals surface area (Å²) in [7, 11) is 0. The summed E-state index contributed by atoms with van der Waals surface area (Å²) in [5, 5.41) is 2.23. The molecule has 7 nitrogen and oxygen atoms in total. The Morgan fingerprint density at radius 3 is 2.44 bits per heavy atom. The van der Waals surface area contributed by atoms with E-state index in [0.717, 1.165) is 0 Å². The van der Waals surface area contributed by atoms with E-state index in [-0.39, 0.29) is 46.7 Å². The lowest BCUT2D eigenvalue weighted by atomic mass is 10.0. The predicted molar refractivity (Wildman–Crippen MR) is 115 cm³/mol. The summed E-state index contributed by atoms with van der Waals surface area (Å²) < 4.78 is 42.9. The lowest BCUT2D eigenvalue weighted by Gasteiger charge is -2.29. The van der Waals surface area contributed by atoms with E-state index >= 15 is 0 Å². The quantitative estimate of drug-likeness (QED) is 0.594. The summed E-state index contributed by atoms with van der Waals surface area (Å²) in [4.78, 5) is 42.2. The highest BCUT2D eigenvalue weighted by molar-refractivity contribution is 6.05. The Kier molecular flexibility index (Phi) is 5.03. The summed E-state index contributed by atoms with van der Waals surface area (Å²) in [6.07, 6.45) is -4.41. The second kappa shape index (κ2) is 7.82. The molecule has 3 aromatic rings. The zero-order chi connectivity index (χ0) is 24.2. The number of fused-ring (bicyclic) bond motifs is 1. The highest BCUT2D eigenvalue weighted by Crippen LogP contribution is 2.39. The molecule has 34 heavy (non-hydrogen) atoms. The van der Waals surface area contributed by atoms with Crippen molar-refractivity contribution in [3.8, 4) is 22.6 Å². The minimum atomic E-state index is -4.73. The van der Waals surface area contributed by atoms with Gasteiger partial charge in [0.25, 0.3) is 5.91 Å². The topological polar surface area (TPSA) is 84.3 Å². The van der Waals surface area contributed by atoms with E-state index in [1.807, 2.05) is 0 Å². The molecule has 1 fully saturated rings. The fourth-order valence-electron chi connectivity index (χ4n) is 4.62. The van der Waals surface area contributed by atoms with Gasteiger partial charge in [0.15, 0.2) is 0 Å². The van der Waals surface area contributed by atoms with E-state index in [1.165, 1.54) is 30.0 Å². The number of hydrogen-bond donors (Lipinski definition) is 1. The Morgan fingerprint density at radius 2 is 1.76 bits per heavy atom. The molecule has 0 radical (unpaired) electrons. The molecule has 0 bridgehead atoms. The zero-order valence-electron chi connectivity index (χ0n) is 18.0. The number of carbonyl (C=O) groups is 3. The summed E-state index contributed by atoms with van der Waals surface area (Å²) in [6.45, 7) is 1.58. The maximum absolute atomic E-state index is 14.2. The van der Waals surface area contributed by atoms with Gasteiger partial charge in [0.2, 0.25) is 11.8 Å². The fourth-order valence-corrected chi connectivity index (χ4v) is 4.62. The molecule has 2 aliphatic rings. The molecule has 1 saturated heterocycles. The molecule has 174 valence electrons. The van der Waals surface area contributed by atoms with Crippen LogP contribution in [0, 0.1) is 6.92 Å². The van der Waals surface area contributed by atoms with Crippen LogP contribution in [0.15, 0.2) is 48.5 Å². The van der Waals surface area contributed by atoms with Gasteiger partial charge in [-0.15, -0.1) is 13.2 Å². The number of imide groups is 1. The monoisotopic (exact) mass is 468 g/mol. The van der Waals surface area contributed by atoms with E-state index in [4.69, 9.17) is 0 Å². The number of nitrogens with zero attached hydrogens (tertiary/aromatic N) is 3. The number of hydrogen-bond acceptors (Lipinski definition) is 4. The van der Waals surface area contributed by atoms with Gasteiger partial charge in [-0.3, -0.25) is 19.7 Å². The summed E-state index contributed by atoms with van der Waals surface area (Å²) in [5.74, 6) is -1.61. The molecular formula is C24H19F3N4O3. The number of benzene rings is 2. The largest absolute Gasteiger partial charge is 0.490 e. The average Bonchev–Trinajstić information content (AvgIpc) is 3.31. The van der Waals surface area contributed by atoms with Crippen molar-refractivity contribution in [2.75, 3.05) is 0 Å². The Hall–Kier alpha value is -3.95. The number of halogens is 3. The van der Waals surface area contributed by atoms with Crippen molar-refractivity contribution in [2.24, 2.45) is 0 Å². The van der Waals surface area contributed by atoms with Crippen molar-refractivity contribution in [3.63, 3.8) is 0 Å². The predicted octanol–water partition coefficient (Wildman–Crippen LogP) is 3.76. The van der Waals surface area contributed by atoms with Crippen LogP contribution in [-0.4, -0.2) is 38.2 Å². The van der Waals surface area contributed by atoms with E-state index in [0.29, 0.717) is 16.7 Å². The number of carbonyl (C=O) groups excluding carboxylic acids is 3. The standard InChI is InChI=1S/C24H19F3N4O3/c1-13-20(14-5-3-2-4-6-14)31(24(25,26)27)21(28-13)15-7-8-17-16(11-15)12-30(23(17)34)18-9-10-19(32)29-22(18)33/h2-8,11,18H,9-10,12H2,1H3,(H,29,32,33). The van der Waals surface area contributed by atoms with Crippen LogP contribution in [0.25, 0.3) is 22.6 Å². The second-order valence-corrected chi connectivity index (χ2v) is 8.31. The van der Waals surface area contributed by atoms with Gasteiger partial charge in [0, 0.05) is 29.7 Å². The summed E-state index contributed by atoms with van der Waals surface area (Å²) in [5.41, 5.74) is 1.59. The molecule has 1 aromatic heterocycles. The lowest BCUT2D eigenvalue weighted by molar-refractivity contribution is -0.201. The van der Waals surface area contributed by atoms with E-state index < -0.39 is 30.1 Å². The highest BCUT2D eigenvalue weighted by Gasteiger charge is 2.41. The number of rotatable bonds is 3. The zero-order valence-corrected chi connectivity index (χ0v) is 18.0. The van der Waals surface area contributed by atoms with Crippen molar-refractivity contribution in [3.05, 3.63) is 65.4 Å². The number of piperidine rings is 1. The lowest BCUT2D eigenvalue weighted by Crippen LogP contribution is -2.52. The smallest absolute Gasteiger partial charge is 0.322 e. The highest BCUT2D eigenvalue weighted by atomic mass is 19.4. The first kappa shape index (κ1) is 21.9. The van der Waals surface area contributed by atoms with Gasteiger partial charge < -0.3 is 4.90 Å². The summed E-state index contributed by atoms with van der Waals surface area (Å²) in [6, 6.07) is 11.8. The molecule has 5 rings (SSSR count). The maximum Gasteiger partial charge on any atom is 0.490 e. The van der Waals surface area contributed by atoms with Crippen molar-refractivity contribution in [1.29, 1.82) is 0 Å². The number of aromatic nitrogens is 2. The molecule has 0 aliphatic carbocycles. The molecule has 1 atom stereocenters. The van der Waals surface area contributed by atoms with Crippen LogP contribution in [0.1, 0.15) is 34.5 Å². The molecular weight excluding hydrogens is 449 g/mol. The second-order valence-electron chi connectivity index (χ2n) is 8.31. The number of alkyl halides is 3. The summed E-state index contributed by atoms with van der Waals surface area (Å²) >= 11 is 0.